The van der Waals surface area contributed by atoms with Crippen molar-refractivity contribution in [2.45, 2.75) is 51.4 Å². The first kappa shape index (κ1) is 19.9. The first-order chi connectivity index (χ1) is 13.1. The molecule has 0 aliphatic heterocycles. The number of aromatic carboxylic acids is 1. The molecule has 0 unspecified atom stereocenters. The van der Waals surface area contributed by atoms with Crippen molar-refractivity contribution in [2.24, 2.45) is 0 Å². The summed E-state index contributed by atoms with van der Waals surface area (Å²) in [6, 6.07) is 12.1. The molecule has 146 valence electrons. The van der Waals surface area contributed by atoms with E-state index in [-0.39, 0.29) is 16.4 Å². The highest BCUT2D eigenvalue weighted by molar-refractivity contribution is 5.90. The van der Waals surface area contributed by atoms with Gasteiger partial charge in [0.15, 0.2) is 0 Å². The zero-order chi connectivity index (χ0) is 20.5. The van der Waals surface area contributed by atoms with Crippen LogP contribution in [0.15, 0.2) is 48.5 Å². The highest BCUT2D eigenvalue weighted by Gasteiger charge is 2.36. The topological polar surface area (TPSA) is 63.6 Å². The summed E-state index contributed by atoms with van der Waals surface area (Å²) in [5.41, 5.74) is 4.10. The minimum atomic E-state index is -1.02. The predicted molar refractivity (Wildman–Crippen MR) is 110 cm³/mol. The Morgan fingerprint density at radius 3 is 2.14 bits per heavy atom. The van der Waals surface area contributed by atoms with E-state index in [2.05, 4.69) is 39.8 Å². The van der Waals surface area contributed by atoms with E-state index in [0.717, 1.165) is 18.4 Å². The monoisotopic (exact) mass is 378 g/mol. The van der Waals surface area contributed by atoms with Crippen LogP contribution in [0.1, 0.15) is 67.6 Å². The third-order valence-corrected chi connectivity index (χ3v) is 5.61. The van der Waals surface area contributed by atoms with Gasteiger partial charge in [0.1, 0.15) is 5.75 Å². The maximum atomic E-state index is 12.1. The number of fused-ring (bicyclic) bond motifs is 1. The Bertz CT molecular complexity index is 934. The van der Waals surface area contributed by atoms with Gasteiger partial charge in [-0.1, -0.05) is 45.9 Å². The van der Waals surface area contributed by atoms with Crippen molar-refractivity contribution in [3.8, 4) is 5.75 Å². The summed E-state index contributed by atoms with van der Waals surface area (Å²) < 4.78 is 5.24. The third kappa shape index (κ3) is 4.16. The number of carbonyl (C=O) groups is 2. The molecule has 0 aromatic heterocycles. The van der Waals surface area contributed by atoms with Crippen LogP contribution in [0.4, 0.5) is 0 Å². The van der Waals surface area contributed by atoms with Gasteiger partial charge >= 0.3 is 11.9 Å². The van der Waals surface area contributed by atoms with Crippen LogP contribution in [0.3, 0.4) is 0 Å². The van der Waals surface area contributed by atoms with Gasteiger partial charge in [0.2, 0.25) is 0 Å². The molecule has 0 spiro atoms. The summed E-state index contributed by atoms with van der Waals surface area (Å²) in [7, 11) is 0. The summed E-state index contributed by atoms with van der Waals surface area (Å²) in [5.74, 6) is -1.20. The van der Waals surface area contributed by atoms with Crippen molar-refractivity contribution in [1.82, 2.24) is 0 Å². The van der Waals surface area contributed by atoms with E-state index in [1.807, 2.05) is 6.07 Å². The Balaban J connectivity index is 1.75. The number of carboxylic acids is 1. The number of hydrogen-bond acceptors (Lipinski definition) is 3. The van der Waals surface area contributed by atoms with E-state index < -0.39 is 11.9 Å². The molecule has 2 aromatic carbocycles. The number of benzene rings is 2. The van der Waals surface area contributed by atoms with Crippen molar-refractivity contribution in [3.63, 3.8) is 0 Å². The molecular formula is C24H26O4. The Morgan fingerprint density at radius 1 is 0.929 bits per heavy atom. The second kappa shape index (κ2) is 7.27. The summed E-state index contributed by atoms with van der Waals surface area (Å²) in [6.07, 6.45) is 5.45. The quantitative estimate of drug-likeness (QED) is 0.442. The molecule has 3 rings (SSSR count). The van der Waals surface area contributed by atoms with Gasteiger partial charge in [0, 0.05) is 6.08 Å². The van der Waals surface area contributed by atoms with E-state index >= 15 is 0 Å². The molecule has 0 amide bonds. The second-order valence-corrected chi connectivity index (χ2v) is 8.66. The van der Waals surface area contributed by atoms with Crippen LogP contribution in [-0.2, 0) is 15.6 Å². The average molecular weight is 378 g/mol. The molecule has 0 saturated heterocycles. The van der Waals surface area contributed by atoms with E-state index in [0.29, 0.717) is 5.75 Å². The van der Waals surface area contributed by atoms with Crippen molar-refractivity contribution < 1.29 is 19.4 Å². The zero-order valence-electron chi connectivity index (χ0n) is 16.8. The van der Waals surface area contributed by atoms with E-state index in [4.69, 9.17) is 9.84 Å². The summed E-state index contributed by atoms with van der Waals surface area (Å²) in [4.78, 5) is 23.0. The lowest BCUT2D eigenvalue weighted by atomic mass is 9.63. The Labute approximate surface area is 165 Å². The molecule has 1 aliphatic rings. The molecule has 0 bridgehead atoms. The standard InChI is InChI=1S/C24H26O4/c1-23(2)13-14-24(3,4)20-15-16(5-11-19(20)23)6-12-21(25)28-18-9-7-17(8-10-18)22(26)27/h5-12,15H,13-14H2,1-4H3,(H,26,27)/b12-6+. The molecule has 1 aliphatic carbocycles. The molecule has 4 heteroatoms. The lowest BCUT2D eigenvalue weighted by molar-refractivity contribution is -0.128. The van der Waals surface area contributed by atoms with Crippen molar-refractivity contribution >= 4 is 18.0 Å². The minimum Gasteiger partial charge on any atom is -0.478 e. The molecule has 0 heterocycles. The second-order valence-electron chi connectivity index (χ2n) is 8.66. The number of ether oxygens (including phenoxy) is 1. The van der Waals surface area contributed by atoms with Crippen molar-refractivity contribution in [2.75, 3.05) is 0 Å². The Morgan fingerprint density at radius 2 is 1.54 bits per heavy atom. The van der Waals surface area contributed by atoms with Gasteiger partial charge in [-0.2, -0.15) is 0 Å². The van der Waals surface area contributed by atoms with E-state index in [9.17, 15) is 9.59 Å². The lowest BCUT2D eigenvalue weighted by Gasteiger charge is -2.42. The molecule has 4 nitrogen and oxygen atoms in total. The molecule has 1 N–H and O–H groups in total. The number of rotatable bonds is 4. The SMILES string of the molecule is CC1(C)CCC(C)(C)c2cc(/C=C/C(=O)Oc3ccc(C(=O)O)cc3)ccc21. The predicted octanol–water partition coefficient (Wildman–Crippen LogP) is 5.35. The van der Waals surface area contributed by atoms with Gasteiger partial charge in [-0.15, -0.1) is 0 Å². The normalized spacial score (nSPS) is 17.1. The van der Waals surface area contributed by atoms with Crippen LogP contribution in [0.25, 0.3) is 6.08 Å². The first-order valence-electron chi connectivity index (χ1n) is 9.47. The number of esters is 1. The largest absolute Gasteiger partial charge is 0.478 e. The molecule has 0 fully saturated rings. The van der Waals surface area contributed by atoms with Gasteiger partial charge in [-0.25, -0.2) is 9.59 Å². The Kier molecular flexibility index (Phi) is 5.16. The summed E-state index contributed by atoms with van der Waals surface area (Å²) in [6.45, 7) is 9.10. The van der Waals surface area contributed by atoms with Crippen LogP contribution in [0.2, 0.25) is 0 Å². The number of carbonyl (C=O) groups excluding carboxylic acids is 1. The van der Waals surface area contributed by atoms with Gasteiger partial charge < -0.3 is 9.84 Å². The van der Waals surface area contributed by atoms with Gasteiger partial charge in [-0.05, 0) is 70.7 Å². The summed E-state index contributed by atoms with van der Waals surface area (Å²) >= 11 is 0. The number of hydrogen-bond donors (Lipinski definition) is 1. The van der Waals surface area contributed by atoms with Gasteiger partial charge in [0.25, 0.3) is 0 Å². The molecule has 0 saturated carbocycles. The average Bonchev–Trinajstić information content (AvgIpc) is 2.64. The van der Waals surface area contributed by atoms with Crippen LogP contribution < -0.4 is 4.74 Å². The van der Waals surface area contributed by atoms with Crippen LogP contribution in [-0.4, -0.2) is 17.0 Å². The molecule has 0 atom stereocenters. The van der Waals surface area contributed by atoms with Crippen LogP contribution in [0, 0.1) is 0 Å². The molecular weight excluding hydrogens is 352 g/mol. The fourth-order valence-electron chi connectivity index (χ4n) is 3.69. The van der Waals surface area contributed by atoms with E-state index in [1.165, 1.54) is 41.5 Å². The summed E-state index contributed by atoms with van der Waals surface area (Å²) in [5, 5.41) is 8.90. The molecule has 0 radical (unpaired) electrons. The lowest BCUT2D eigenvalue weighted by Crippen LogP contribution is -2.33. The van der Waals surface area contributed by atoms with Gasteiger partial charge in [0.05, 0.1) is 5.56 Å². The highest BCUT2D eigenvalue weighted by Crippen LogP contribution is 2.45. The Hall–Kier alpha value is -2.88. The highest BCUT2D eigenvalue weighted by atomic mass is 16.5. The maximum Gasteiger partial charge on any atom is 0.336 e. The fourth-order valence-corrected chi connectivity index (χ4v) is 3.69. The minimum absolute atomic E-state index is 0.112. The molecule has 2 aromatic rings. The smallest absolute Gasteiger partial charge is 0.336 e. The van der Waals surface area contributed by atoms with Crippen LogP contribution in [0.5, 0.6) is 5.75 Å². The van der Waals surface area contributed by atoms with Crippen molar-refractivity contribution in [3.05, 3.63) is 70.8 Å². The van der Waals surface area contributed by atoms with Crippen molar-refractivity contribution in [1.29, 1.82) is 0 Å². The third-order valence-electron chi connectivity index (χ3n) is 5.61. The molecule has 28 heavy (non-hydrogen) atoms. The fraction of sp³-hybridized carbons (Fsp3) is 0.333. The van der Waals surface area contributed by atoms with E-state index in [1.54, 1.807) is 6.08 Å². The van der Waals surface area contributed by atoms with Crippen LogP contribution >= 0.6 is 0 Å². The zero-order valence-corrected chi connectivity index (χ0v) is 16.8. The first-order valence-corrected chi connectivity index (χ1v) is 9.47. The maximum absolute atomic E-state index is 12.1. The number of carboxylic acid groups (broad SMARTS) is 1. The van der Waals surface area contributed by atoms with Gasteiger partial charge in [-0.3, -0.25) is 0 Å².